The van der Waals surface area contributed by atoms with E-state index < -0.39 is 17.6 Å². The Morgan fingerprint density at radius 3 is 2.46 bits per heavy atom. The maximum Gasteiger partial charge on any atom is 0.337 e. The van der Waals surface area contributed by atoms with E-state index in [1.165, 1.54) is 28.0 Å². The second kappa shape index (κ2) is 10.9. The Balaban J connectivity index is 1.79. The molecule has 4 rings (SSSR count). The molecular weight excluding hydrogens is 490 g/mol. The highest BCUT2D eigenvalue weighted by Gasteiger charge is 2.36. The Hall–Kier alpha value is -4.05. The van der Waals surface area contributed by atoms with Crippen molar-refractivity contribution in [1.29, 1.82) is 0 Å². The van der Waals surface area contributed by atoms with Crippen LogP contribution < -0.4 is 10.2 Å². The molecule has 2 aromatic heterocycles. The number of hydrogen-bond acceptors (Lipinski definition) is 7. The number of carbonyl (C=O) groups is 3. The van der Waals surface area contributed by atoms with Gasteiger partial charge in [0.2, 0.25) is 11.8 Å². The summed E-state index contributed by atoms with van der Waals surface area (Å²) in [5.41, 5.74) is 1.70. The zero-order valence-corrected chi connectivity index (χ0v) is 22.0. The number of nitrogens with zero attached hydrogens (tertiary/aromatic N) is 4. The van der Waals surface area contributed by atoms with Gasteiger partial charge in [-0.15, -0.1) is 16.4 Å². The highest BCUT2D eigenvalue weighted by molar-refractivity contribution is 7.10. The van der Waals surface area contributed by atoms with Gasteiger partial charge in [-0.1, -0.05) is 30.3 Å². The van der Waals surface area contributed by atoms with Crippen LogP contribution in [0.5, 0.6) is 0 Å². The van der Waals surface area contributed by atoms with Crippen molar-refractivity contribution in [3.05, 3.63) is 76.5 Å². The molecular formula is C27H29N5O4S. The van der Waals surface area contributed by atoms with Crippen molar-refractivity contribution in [2.45, 2.75) is 45.3 Å². The summed E-state index contributed by atoms with van der Waals surface area (Å²) < 4.78 is 6.33. The fourth-order valence-corrected chi connectivity index (χ4v) is 4.68. The molecule has 0 unspecified atom stereocenters. The van der Waals surface area contributed by atoms with Crippen molar-refractivity contribution in [2.75, 3.05) is 12.0 Å². The monoisotopic (exact) mass is 519 g/mol. The van der Waals surface area contributed by atoms with Gasteiger partial charge < -0.3 is 10.1 Å². The van der Waals surface area contributed by atoms with Crippen LogP contribution in [0.15, 0.2) is 66.0 Å². The molecule has 2 aromatic carbocycles. The molecule has 1 atom stereocenters. The Morgan fingerprint density at radius 2 is 1.81 bits per heavy atom. The third-order valence-electron chi connectivity index (χ3n) is 6.21. The fourth-order valence-electron chi connectivity index (χ4n) is 3.86. The van der Waals surface area contributed by atoms with Crippen molar-refractivity contribution in [1.82, 2.24) is 20.3 Å². The quantitative estimate of drug-likeness (QED) is 0.330. The Morgan fingerprint density at radius 1 is 1.08 bits per heavy atom. The van der Waals surface area contributed by atoms with E-state index in [2.05, 4.69) is 15.6 Å². The number of nitrogens with one attached hydrogen (secondary N) is 1. The van der Waals surface area contributed by atoms with Gasteiger partial charge in [0, 0.05) is 16.1 Å². The van der Waals surface area contributed by atoms with E-state index in [9.17, 15) is 14.4 Å². The lowest BCUT2D eigenvalue weighted by Crippen LogP contribution is -2.50. The molecule has 0 aliphatic heterocycles. The van der Waals surface area contributed by atoms with Crippen LogP contribution in [0.3, 0.4) is 0 Å². The van der Waals surface area contributed by atoms with Gasteiger partial charge in [-0.2, -0.15) is 0 Å². The standard InChI is InChI=1S/C27H29N5O4S/c1-5-27(2,3)28-25(34)24(22-11-8-16-37-22)32(19-14-12-18(13-15-19)26(35)36-4)23(33)17-31-21-10-7-6-9-20(21)29-30-31/h6-16,24H,5,17H2,1-4H3,(H,28,34)/t24-/m1/s1. The molecule has 2 amide bonds. The molecule has 2 heterocycles. The van der Waals surface area contributed by atoms with E-state index >= 15 is 0 Å². The van der Waals surface area contributed by atoms with E-state index in [0.717, 1.165) is 0 Å². The van der Waals surface area contributed by atoms with Crippen LogP contribution in [0.2, 0.25) is 0 Å². The number of rotatable bonds is 9. The lowest BCUT2D eigenvalue weighted by molar-refractivity contribution is -0.128. The number of para-hydroxylation sites is 1. The Labute approximate surface area is 219 Å². The predicted octanol–water partition coefficient (Wildman–Crippen LogP) is 4.36. The fraction of sp³-hybridized carbons (Fsp3) is 0.296. The number of thiophene rings is 1. The SMILES string of the molecule is CCC(C)(C)NC(=O)[C@@H](c1cccs1)N(C(=O)Cn1nnc2ccccc21)c1ccc(C(=O)OC)cc1. The van der Waals surface area contributed by atoms with E-state index in [1.54, 1.807) is 24.3 Å². The molecule has 4 aromatic rings. The van der Waals surface area contributed by atoms with Crippen LogP contribution in [-0.2, 0) is 20.9 Å². The lowest BCUT2D eigenvalue weighted by atomic mass is 10.0. The van der Waals surface area contributed by atoms with Gasteiger partial charge >= 0.3 is 5.97 Å². The number of carbonyl (C=O) groups excluding carboxylic acids is 3. The minimum Gasteiger partial charge on any atom is -0.465 e. The molecule has 37 heavy (non-hydrogen) atoms. The zero-order valence-electron chi connectivity index (χ0n) is 21.2. The highest BCUT2D eigenvalue weighted by atomic mass is 32.1. The average molecular weight is 520 g/mol. The first-order valence-electron chi connectivity index (χ1n) is 11.9. The van der Waals surface area contributed by atoms with E-state index in [4.69, 9.17) is 4.74 Å². The largest absolute Gasteiger partial charge is 0.465 e. The summed E-state index contributed by atoms with van der Waals surface area (Å²) in [5, 5.41) is 13.3. The van der Waals surface area contributed by atoms with Crippen molar-refractivity contribution in [2.24, 2.45) is 0 Å². The van der Waals surface area contributed by atoms with Crippen LogP contribution in [0.1, 0.15) is 48.5 Å². The molecule has 9 nitrogen and oxygen atoms in total. The van der Waals surface area contributed by atoms with Crippen LogP contribution in [0.4, 0.5) is 5.69 Å². The summed E-state index contributed by atoms with van der Waals surface area (Å²) >= 11 is 1.39. The highest BCUT2D eigenvalue weighted by Crippen LogP contribution is 2.32. The molecule has 0 radical (unpaired) electrons. The molecule has 0 spiro atoms. The predicted molar refractivity (Wildman–Crippen MR) is 142 cm³/mol. The van der Waals surface area contributed by atoms with Crippen molar-refractivity contribution >= 4 is 45.8 Å². The molecule has 1 N–H and O–H groups in total. The molecule has 192 valence electrons. The van der Waals surface area contributed by atoms with Gasteiger partial charge in [-0.3, -0.25) is 14.5 Å². The summed E-state index contributed by atoms with van der Waals surface area (Å²) in [7, 11) is 1.31. The first kappa shape index (κ1) is 26.0. The molecule has 0 aliphatic rings. The smallest absolute Gasteiger partial charge is 0.337 e. The average Bonchev–Trinajstić information content (AvgIpc) is 3.57. The van der Waals surface area contributed by atoms with Gasteiger partial charge in [0.05, 0.1) is 18.2 Å². The van der Waals surface area contributed by atoms with Crippen LogP contribution >= 0.6 is 11.3 Å². The zero-order chi connectivity index (χ0) is 26.6. The van der Waals surface area contributed by atoms with Crippen LogP contribution in [0, 0.1) is 0 Å². The number of ether oxygens (including phenoxy) is 1. The maximum absolute atomic E-state index is 14.0. The number of benzene rings is 2. The van der Waals surface area contributed by atoms with Gasteiger partial charge in [-0.05, 0) is 68.1 Å². The third-order valence-corrected chi connectivity index (χ3v) is 7.13. The first-order chi connectivity index (χ1) is 17.7. The first-order valence-corrected chi connectivity index (χ1v) is 12.8. The van der Waals surface area contributed by atoms with Gasteiger partial charge in [-0.25, -0.2) is 9.48 Å². The molecule has 0 saturated carbocycles. The number of amides is 2. The summed E-state index contributed by atoms with van der Waals surface area (Å²) in [4.78, 5) is 41.9. The van der Waals surface area contributed by atoms with Crippen LogP contribution in [-0.4, -0.2) is 45.4 Å². The van der Waals surface area contributed by atoms with Crippen molar-refractivity contribution < 1.29 is 19.1 Å². The van der Waals surface area contributed by atoms with Gasteiger partial charge in [0.15, 0.2) is 0 Å². The minimum absolute atomic E-state index is 0.133. The van der Waals surface area contributed by atoms with Gasteiger partial charge in [0.1, 0.15) is 18.1 Å². The summed E-state index contributed by atoms with van der Waals surface area (Å²) in [5.74, 6) is -1.15. The number of methoxy groups -OCH3 is 1. The van der Waals surface area contributed by atoms with E-state index in [-0.39, 0.29) is 18.4 Å². The molecule has 0 fully saturated rings. The summed E-state index contributed by atoms with van der Waals surface area (Å²) in [6.07, 6.45) is 0.711. The second-order valence-corrected chi connectivity index (χ2v) is 10.2. The Kier molecular flexibility index (Phi) is 7.68. The number of anilines is 1. The minimum atomic E-state index is -0.933. The van der Waals surface area contributed by atoms with E-state index in [0.29, 0.717) is 33.6 Å². The molecule has 10 heteroatoms. The van der Waals surface area contributed by atoms with Crippen molar-refractivity contribution in [3.63, 3.8) is 0 Å². The lowest BCUT2D eigenvalue weighted by Gasteiger charge is -2.34. The number of hydrogen-bond donors (Lipinski definition) is 1. The maximum atomic E-state index is 14.0. The number of aromatic nitrogens is 3. The summed E-state index contributed by atoms with van der Waals surface area (Å²) in [6.45, 7) is 5.74. The van der Waals surface area contributed by atoms with Crippen LogP contribution in [0.25, 0.3) is 11.0 Å². The second-order valence-electron chi connectivity index (χ2n) is 9.18. The van der Waals surface area contributed by atoms with Gasteiger partial charge in [0.25, 0.3) is 0 Å². The normalized spacial score (nSPS) is 12.2. The Bertz CT molecular complexity index is 1400. The third kappa shape index (κ3) is 5.69. The van der Waals surface area contributed by atoms with E-state index in [1.807, 2.05) is 62.5 Å². The molecule has 0 aliphatic carbocycles. The van der Waals surface area contributed by atoms with Crippen molar-refractivity contribution in [3.8, 4) is 0 Å². The molecule has 0 bridgehead atoms. The number of fused-ring (bicyclic) bond motifs is 1. The molecule has 0 saturated heterocycles. The number of esters is 1. The summed E-state index contributed by atoms with van der Waals surface area (Å²) in [6, 6.07) is 16.5. The topological polar surface area (TPSA) is 106 Å².